The molecule has 20 heavy (non-hydrogen) atoms. The third-order valence-corrected chi connectivity index (χ3v) is 6.51. The van der Waals surface area contributed by atoms with E-state index in [1.54, 1.807) is 6.92 Å². The van der Waals surface area contributed by atoms with Crippen molar-refractivity contribution in [2.75, 3.05) is 18.1 Å². The minimum Gasteiger partial charge on any atom is -0.455 e. The second kappa shape index (κ2) is 5.03. The third-order valence-electron chi connectivity index (χ3n) is 3.64. The largest absolute Gasteiger partial charge is 0.455 e. The van der Waals surface area contributed by atoms with E-state index in [4.69, 9.17) is 27.9 Å². The van der Waals surface area contributed by atoms with Crippen LogP contribution in [0.2, 0.25) is 0 Å². The van der Waals surface area contributed by atoms with Crippen molar-refractivity contribution in [3.05, 3.63) is 0 Å². The van der Waals surface area contributed by atoms with Crippen molar-refractivity contribution in [1.82, 2.24) is 5.32 Å². The van der Waals surface area contributed by atoms with E-state index in [2.05, 4.69) is 5.32 Å². The molecule has 2 atom stereocenters. The Kier molecular flexibility index (Phi) is 3.99. The highest BCUT2D eigenvalue weighted by atomic mass is 35.5. The Morgan fingerprint density at radius 2 is 2.00 bits per heavy atom. The normalized spacial score (nSPS) is 33.5. The van der Waals surface area contributed by atoms with Gasteiger partial charge in [-0.3, -0.25) is 9.59 Å². The van der Waals surface area contributed by atoms with Gasteiger partial charge in [0.25, 0.3) is 5.91 Å². The molecule has 2 aliphatic rings. The van der Waals surface area contributed by atoms with Crippen molar-refractivity contribution >= 4 is 44.9 Å². The lowest BCUT2D eigenvalue weighted by atomic mass is 10.1. The van der Waals surface area contributed by atoms with Gasteiger partial charge in [0.1, 0.15) is 9.75 Å². The van der Waals surface area contributed by atoms with Crippen LogP contribution in [0.5, 0.6) is 0 Å². The molecule has 0 aromatic rings. The van der Waals surface area contributed by atoms with Gasteiger partial charge in [-0.2, -0.15) is 0 Å². The predicted molar refractivity (Wildman–Crippen MR) is 73.3 cm³/mol. The first-order valence-electron chi connectivity index (χ1n) is 6.11. The molecule has 1 amide bonds. The maximum Gasteiger partial charge on any atom is 0.315 e. The molecule has 1 aliphatic heterocycles. The molecule has 0 aromatic carbocycles. The van der Waals surface area contributed by atoms with E-state index in [1.807, 2.05) is 0 Å². The van der Waals surface area contributed by atoms with E-state index in [-0.39, 0.29) is 17.9 Å². The summed E-state index contributed by atoms with van der Waals surface area (Å²) in [5, 5.41) is 2.52. The summed E-state index contributed by atoms with van der Waals surface area (Å²) >= 11 is 11.6. The maximum absolute atomic E-state index is 11.7. The van der Waals surface area contributed by atoms with Gasteiger partial charge in [-0.15, -0.1) is 23.2 Å². The van der Waals surface area contributed by atoms with Crippen LogP contribution >= 0.6 is 23.2 Å². The molecule has 114 valence electrons. The lowest BCUT2D eigenvalue weighted by Gasteiger charge is -2.13. The van der Waals surface area contributed by atoms with E-state index >= 15 is 0 Å². The number of halogens is 2. The molecule has 2 fully saturated rings. The number of hydrogen-bond acceptors (Lipinski definition) is 5. The number of amides is 1. The van der Waals surface area contributed by atoms with Gasteiger partial charge < -0.3 is 10.1 Å². The van der Waals surface area contributed by atoms with Crippen molar-refractivity contribution in [2.24, 2.45) is 5.41 Å². The third kappa shape index (κ3) is 3.20. The van der Waals surface area contributed by atoms with Crippen LogP contribution in [0.1, 0.15) is 19.8 Å². The van der Waals surface area contributed by atoms with Crippen LogP contribution in [0.4, 0.5) is 0 Å². The van der Waals surface area contributed by atoms with E-state index in [9.17, 15) is 18.0 Å². The first-order valence-corrected chi connectivity index (χ1v) is 8.68. The Balaban J connectivity index is 1.75. The Bertz CT molecular complexity index is 547. The predicted octanol–water partition coefficient (Wildman–Crippen LogP) is 0.417. The van der Waals surface area contributed by atoms with Crippen LogP contribution in [0, 0.1) is 5.41 Å². The molecular weight excluding hydrogens is 329 g/mol. The van der Waals surface area contributed by atoms with Crippen molar-refractivity contribution in [3.8, 4) is 0 Å². The fraction of sp³-hybridized carbons (Fsp3) is 0.818. The molecule has 1 heterocycles. The van der Waals surface area contributed by atoms with Crippen LogP contribution in [0.15, 0.2) is 0 Å². The molecule has 0 aromatic heterocycles. The number of esters is 1. The molecule has 1 aliphatic carbocycles. The molecule has 9 heteroatoms. The average Bonchev–Trinajstić information content (AvgIpc) is 2.63. The fourth-order valence-electron chi connectivity index (χ4n) is 2.09. The number of carbonyl (C=O) groups excluding carboxylic acids is 2. The highest BCUT2D eigenvalue weighted by Gasteiger charge is 2.69. The van der Waals surface area contributed by atoms with Crippen molar-refractivity contribution in [2.45, 2.75) is 30.1 Å². The van der Waals surface area contributed by atoms with Gasteiger partial charge in [0.2, 0.25) is 0 Å². The first kappa shape index (κ1) is 15.9. The Hall–Kier alpha value is -0.530. The summed E-state index contributed by atoms with van der Waals surface area (Å²) in [4.78, 5) is 23.3. The van der Waals surface area contributed by atoms with Crippen LogP contribution < -0.4 is 5.32 Å². The first-order chi connectivity index (χ1) is 9.06. The highest BCUT2D eigenvalue weighted by Crippen LogP contribution is 2.64. The molecule has 1 saturated heterocycles. The van der Waals surface area contributed by atoms with Crippen molar-refractivity contribution in [1.29, 1.82) is 0 Å². The van der Waals surface area contributed by atoms with E-state index in [1.165, 1.54) is 0 Å². The van der Waals surface area contributed by atoms with Gasteiger partial charge in [0.05, 0.1) is 11.5 Å². The molecule has 0 radical (unpaired) electrons. The zero-order valence-corrected chi connectivity index (χ0v) is 13.1. The summed E-state index contributed by atoms with van der Waals surface area (Å²) in [6.07, 6.45) is 0.663. The second-order valence-corrected chi connectivity index (χ2v) is 9.17. The van der Waals surface area contributed by atoms with Gasteiger partial charge >= 0.3 is 5.97 Å². The van der Waals surface area contributed by atoms with Gasteiger partial charge in [0.15, 0.2) is 16.4 Å². The van der Waals surface area contributed by atoms with E-state index in [0.717, 1.165) is 0 Å². The molecular formula is C11H15Cl2NO5S. The zero-order valence-electron chi connectivity index (χ0n) is 10.8. The molecule has 1 saturated carbocycles. The number of rotatable bonds is 4. The molecule has 0 bridgehead atoms. The minimum atomic E-state index is -3.06. The number of hydrogen-bond donors (Lipinski definition) is 1. The second-order valence-electron chi connectivity index (χ2n) is 5.46. The highest BCUT2D eigenvalue weighted by molar-refractivity contribution is 7.91. The van der Waals surface area contributed by atoms with Gasteiger partial charge in [-0.25, -0.2) is 8.42 Å². The van der Waals surface area contributed by atoms with Gasteiger partial charge in [0, 0.05) is 12.5 Å². The average molecular weight is 344 g/mol. The summed E-state index contributed by atoms with van der Waals surface area (Å²) in [7, 11) is -3.06. The molecule has 1 N–H and O–H groups in total. The van der Waals surface area contributed by atoms with Crippen LogP contribution in [-0.2, 0) is 24.2 Å². The Morgan fingerprint density at radius 1 is 1.40 bits per heavy atom. The SMILES string of the molecule is C[C@@]1(C(=O)OCC(=O)N[C@H]2CCS(=O)(=O)C2)CC1(Cl)Cl. The summed E-state index contributed by atoms with van der Waals surface area (Å²) in [5.41, 5.74) is -0.979. The summed E-state index contributed by atoms with van der Waals surface area (Å²) in [6, 6.07) is -0.414. The minimum absolute atomic E-state index is 0.0663. The number of ether oxygens (including phenoxy) is 1. The number of nitrogens with one attached hydrogen (secondary N) is 1. The van der Waals surface area contributed by atoms with Gasteiger partial charge in [-0.1, -0.05) is 0 Å². The smallest absolute Gasteiger partial charge is 0.315 e. The zero-order chi connectivity index (χ0) is 15.2. The van der Waals surface area contributed by atoms with Crippen LogP contribution in [-0.4, -0.2) is 48.8 Å². The topological polar surface area (TPSA) is 89.5 Å². The van der Waals surface area contributed by atoms with Crippen LogP contribution in [0.25, 0.3) is 0 Å². The van der Waals surface area contributed by atoms with Gasteiger partial charge in [-0.05, 0) is 13.3 Å². The monoisotopic (exact) mass is 343 g/mol. The van der Waals surface area contributed by atoms with Crippen LogP contribution in [0.3, 0.4) is 0 Å². The number of carbonyl (C=O) groups is 2. The van der Waals surface area contributed by atoms with E-state index in [0.29, 0.717) is 6.42 Å². The Morgan fingerprint density at radius 3 is 2.45 bits per heavy atom. The lowest BCUT2D eigenvalue weighted by molar-refractivity contribution is -0.153. The van der Waals surface area contributed by atoms with E-state index < -0.39 is 44.1 Å². The summed E-state index contributed by atoms with van der Waals surface area (Å²) in [5.74, 6) is -1.16. The summed E-state index contributed by atoms with van der Waals surface area (Å²) < 4.78 is 26.2. The molecule has 0 spiro atoms. The quantitative estimate of drug-likeness (QED) is 0.590. The lowest BCUT2D eigenvalue weighted by Crippen LogP contribution is -2.39. The Labute approximate surface area is 127 Å². The van der Waals surface area contributed by atoms with Crippen molar-refractivity contribution < 1.29 is 22.7 Å². The number of alkyl halides is 2. The fourth-order valence-corrected chi connectivity index (χ4v) is 4.45. The maximum atomic E-state index is 11.7. The standard InChI is InChI=1S/C11H15Cl2NO5S/c1-10(6-11(10,12)13)9(16)19-4-8(15)14-7-2-3-20(17,18)5-7/h7H,2-6H2,1H3,(H,14,15)/t7-,10-/m0/s1. The molecule has 6 nitrogen and oxygen atoms in total. The summed E-state index contributed by atoms with van der Waals surface area (Å²) in [6.45, 7) is 1.10. The number of sulfone groups is 1. The van der Waals surface area contributed by atoms with Crippen molar-refractivity contribution in [3.63, 3.8) is 0 Å². The molecule has 2 rings (SSSR count). The molecule has 0 unspecified atom stereocenters.